The quantitative estimate of drug-likeness (QED) is 0.691. The molecule has 0 atom stereocenters. The fraction of sp³-hybridized carbons (Fsp3) is 0.333. The number of benzene rings is 1. The summed E-state index contributed by atoms with van der Waals surface area (Å²) in [5.41, 5.74) is 1.24. The molecule has 0 aliphatic heterocycles. The van der Waals surface area contributed by atoms with Gasteiger partial charge in [-0.25, -0.2) is 0 Å². The van der Waals surface area contributed by atoms with Crippen LogP contribution in [0.4, 0.5) is 0 Å². The molecule has 2 rings (SSSR count). The molecule has 4 nitrogen and oxygen atoms in total. The van der Waals surface area contributed by atoms with Gasteiger partial charge in [0.05, 0.1) is 9.21 Å². The molecule has 1 aromatic carbocycles. The summed E-state index contributed by atoms with van der Waals surface area (Å²) < 4.78 is 0.587. The van der Waals surface area contributed by atoms with E-state index in [9.17, 15) is 9.59 Å². The van der Waals surface area contributed by atoms with E-state index < -0.39 is 0 Å². The number of likely N-dealkylation sites (N-methyl/N-ethyl adjacent to an activating group) is 1. The lowest BCUT2D eigenvalue weighted by molar-refractivity contribution is -0.121. The van der Waals surface area contributed by atoms with E-state index in [1.54, 1.807) is 12.1 Å². The number of carbonyl (C=O) groups is 2. The fourth-order valence-corrected chi connectivity index (χ4v) is 3.27. The van der Waals surface area contributed by atoms with Crippen LogP contribution >= 0.6 is 22.9 Å². The lowest BCUT2D eigenvalue weighted by Crippen LogP contribution is -2.32. The van der Waals surface area contributed by atoms with Crippen LogP contribution in [0.15, 0.2) is 42.5 Å². The van der Waals surface area contributed by atoms with E-state index in [0.717, 1.165) is 13.1 Å². The standard InChI is InChI=1S/C18H21ClN2O2S/c1-21(13-14-5-3-2-4-6-14)12-11-20-18(23)10-7-15(22)16-8-9-17(19)24-16/h2-6,8-9H,7,10-13H2,1H3,(H,20,23). The molecule has 1 N–H and O–H groups in total. The summed E-state index contributed by atoms with van der Waals surface area (Å²) in [6.45, 7) is 2.17. The van der Waals surface area contributed by atoms with Crippen LogP contribution in [-0.4, -0.2) is 36.7 Å². The summed E-state index contributed by atoms with van der Waals surface area (Å²) in [5, 5.41) is 2.86. The molecule has 6 heteroatoms. The smallest absolute Gasteiger partial charge is 0.220 e. The first-order valence-corrected chi connectivity index (χ1v) is 9.02. The number of halogens is 1. The Labute approximate surface area is 151 Å². The molecule has 1 amide bonds. The van der Waals surface area contributed by atoms with Gasteiger partial charge in [-0.1, -0.05) is 41.9 Å². The van der Waals surface area contributed by atoms with E-state index in [-0.39, 0.29) is 24.5 Å². The number of carbonyl (C=O) groups excluding carboxylic acids is 2. The number of rotatable bonds is 9. The third-order valence-corrected chi connectivity index (χ3v) is 4.81. The van der Waals surface area contributed by atoms with Gasteiger partial charge in [-0.15, -0.1) is 11.3 Å². The first-order valence-electron chi connectivity index (χ1n) is 7.82. The summed E-state index contributed by atoms with van der Waals surface area (Å²) >= 11 is 7.05. The third-order valence-electron chi connectivity index (χ3n) is 3.54. The molecular weight excluding hydrogens is 344 g/mol. The molecular formula is C18H21ClN2O2S. The highest BCUT2D eigenvalue weighted by atomic mass is 35.5. The van der Waals surface area contributed by atoms with Crippen LogP contribution in [-0.2, 0) is 11.3 Å². The number of hydrogen-bond acceptors (Lipinski definition) is 4. The molecule has 0 saturated carbocycles. The summed E-state index contributed by atoms with van der Waals surface area (Å²) in [5.74, 6) is -0.137. The summed E-state index contributed by atoms with van der Waals surface area (Å²) in [4.78, 5) is 26.5. The Morgan fingerprint density at radius 2 is 1.88 bits per heavy atom. The monoisotopic (exact) mass is 364 g/mol. The predicted molar refractivity (Wildman–Crippen MR) is 98.7 cm³/mol. The van der Waals surface area contributed by atoms with Crippen LogP contribution in [0.25, 0.3) is 0 Å². The molecule has 0 saturated heterocycles. The lowest BCUT2D eigenvalue weighted by Gasteiger charge is -2.17. The average molecular weight is 365 g/mol. The van der Waals surface area contributed by atoms with Crippen molar-refractivity contribution in [3.63, 3.8) is 0 Å². The van der Waals surface area contributed by atoms with Crippen molar-refractivity contribution < 1.29 is 9.59 Å². The van der Waals surface area contributed by atoms with Crippen molar-refractivity contribution in [1.29, 1.82) is 0 Å². The van der Waals surface area contributed by atoms with Crippen molar-refractivity contribution in [3.8, 4) is 0 Å². The molecule has 0 spiro atoms. The second kappa shape index (κ2) is 9.57. The highest BCUT2D eigenvalue weighted by molar-refractivity contribution is 7.18. The van der Waals surface area contributed by atoms with E-state index in [4.69, 9.17) is 11.6 Å². The summed E-state index contributed by atoms with van der Waals surface area (Å²) in [6.07, 6.45) is 0.416. The van der Waals surface area contributed by atoms with Gasteiger partial charge in [-0.3, -0.25) is 9.59 Å². The Morgan fingerprint density at radius 3 is 2.54 bits per heavy atom. The second-order valence-corrected chi connectivity index (χ2v) is 7.32. The van der Waals surface area contributed by atoms with Gasteiger partial charge in [0, 0.05) is 32.5 Å². The van der Waals surface area contributed by atoms with Crippen molar-refractivity contribution in [1.82, 2.24) is 10.2 Å². The number of Topliss-reactive ketones (excluding diaryl/α,β-unsaturated/α-hetero) is 1. The zero-order chi connectivity index (χ0) is 17.4. The maximum Gasteiger partial charge on any atom is 0.220 e. The summed E-state index contributed by atoms with van der Waals surface area (Å²) in [7, 11) is 2.02. The van der Waals surface area contributed by atoms with Crippen LogP contribution in [0.2, 0.25) is 4.34 Å². The molecule has 24 heavy (non-hydrogen) atoms. The molecule has 1 heterocycles. The number of thiophene rings is 1. The van der Waals surface area contributed by atoms with E-state index in [0.29, 0.717) is 15.8 Å². The summed E-state index contributed by atoms with van der Waals surface area (Å²) in [6, 6.07) is 13.6. The molecule has 0 bridgehead atoms. The van der Waals surface area contributed by atoms with Crippen molar-refractivity contribution in [3.05, 3.63) is 57.2 Å². The fourth-order valence-electron chi connectivity index (χ4n) is 2.26. The molecule has 2 aromatic rings. The molecule has 128 valence electrons. The highest BCUT2D eigenvalue weighted by Crippen LogP contribution is 2.22. The van der Waals surface area contributed by atoms with Crippen LogP contribution in [0.5, 0.6) is 0 Å². The Hall–Kier alpha value is -1.69. The minimum absolute atomic E-state index is 0.0387. The first-order chi connectivity index (χ1) is 11.5. The van der Waals surface area contributed by atoms with Crippen LogP contribution in [0.1, 0.15) is 28.1 Å². The van der Waals surface area contributed by atoms with Gasteiger partial charge in [-0.2, -0.15) is 0 Å². The Kier molecular flexibility index (Phi) is 7.43. The predicted octanol–water partition coefficient (Wildman–Crippen LogP) is 3.61. The van der Waals surface area contributed by atoms with Gasteiger partial charge in [0.2, 0.25) is 5.91 Å². The van der Waals surface area contributed by atoms with E-state index in [2.05, 4.69) is 22.3 Å². The number of nitrogens with one attached hydrogen (secondary N) is 1. The maximum atomic E-state index is 11.9. The van der Waals surface area contributed by atoms with Crippen LogP contribution in [0.3, 0.4) is 0 Å². The van der Waals surface area contributed by atoms with E-state index >= 15 is 0 Å². The molecule has 1 aromatic heterocycles. The van der Waals surface area contributed by atoms with Crippen molar-refractivity contribution in [2.75, 3.05) is 20.1 Å². The topological polar surface area (TPSA) is 49.4 Å². The normalized spacial score (nSPS) is 10.8. The van der Waals surface area contributed by atoms with Crippen molar-refractivity contribution >= 4 is 34.6 Å². The zero-order valence-corrected chi connectivity index (χ0v) is 15.2. The highest BCUT2D eigenvalue weighted by Gasteiger charge is 2.11. The Bertz CT molecular complexity index is 673. The minimum atomic E-state index is -0.0980. The minimum Gasteiger partial charge on any atom is -0.355 e. The SMILES string of the molecule is CN(CCNC(=O)CCC(=O)c1ccc(Cl)s1)Cc1ccccc1. The zero-order valence-electron chi connectivity index (χ0n) is 13.6. The first kappa shape index (κ1) is 18.6. The van der Waals surface area contributed by atoms with Gasteiger partial charge in [0.25, 0.3) is 0 Å². The van der Waals surface area contributed by atoms with Gasteiger partial charge < -0.3 is 10.2 Å². The molecule has 0 unspecified atom stereocenters. The van der Waals surface area contributed by atoms with Gasteiger partial charge >= 0.3 is 0 Å². The number of amides is 1. The van der Waals surface area contributed by atoms with E-state index in [1.165, 1.54) is 16.9 Å². The van der Waals surface area contributed by atoms with Crippen molar-refractivity contribution in [2.24, 2.45) is 0 Å². The Balaban J connectivity index is 1.62. The maximum absolute atomic E-state index is 11.9. The number of hydrogen-bond donors (Lipinski definition) is 1. The molecule has 0 radical (unpaired) electrons. The van der Waals surface area contributed by atoms with Gasteiger partial charge in [0.15, 0.2) is 5.78 Å². The van der Waals surface area contributed by atoms with Gasteiger partial charge in [-0.05, 0) is 24.7 Å². The molecule has 0 aliphatic carbocycles. The van der Waals surface area contributed by atoms with E-state index in [1.807, 2.05) is 25.2 Å². The van der Waals surface area contributed by atoms with Crippen LogP contribution < -0.4 is 5.32 Å². The Morgan fingerprint density at radius 1 is 1.12 bits per heavy atom. The molecule has 0 fully saturated rings. The number of ketones is 1. The third kappa shape index (κ3) is 6.43. The number of nitrogens with zero attached hydrogens (tertiary/aromatic N) is 1. The van der Waals surface area contributed by atoms with Crippen LogP contribution in [0, 0.1) is 0 Å². The average Bonchev–Trinajstić information content (AvgIpc) is 3.00. The van der Waals surface area contributed by atoms with Crippen molar-refractivity contribution in [2.45, 2.75) is 19.4 Å². The molecule has 0 aliphatic rings. The largest absolute Gasteiger partial charge is 0.355 e. The van der Waals surface area contributed by atoms with Gasteiger partial charge in [0.1, 0.15) is 0 Å². The lowest BCUT2D eigenvalue weighted by atomic mass is 10.2. The second-order valence-electron chi connectivity index (χ2n) is 5.60.